The van der Waals surface area contributed by atoms with E-state index < -0.39 is 88.9 Å². The number of Topliss-reactive ketones (excluding diaryl/α,β-unsaturated/α-hetero) is 1. The van der Waals surface area contributed by atoms with Gasteiger partial charge in [-0.25, -0.2) is 19.2 Å². The number of ether oxygens (including phenoxy) is 8. The molecule has 6 heterocycles. The smallest absolute Gasteiger partial charge is 0.507 e. The van der Waals surface area contributed by atoms with E-state index in [0.29, 0.717) is 40.9 Å². The lowest BCUT2D eigenvalue weighted by Crippen LogP contribution is -2.59. The molecule has 2 aromatic carbocycles. The van der Waals surface area contributed by atoms with E-state index in [4.69, 9.17) is 46.7 Å². The van der Waals surface area contributed by atoms with Gasteiger partial charge >= 0.3 is 23.6 Å². The molecule has 0 bridgehead atoms. The van der Waals surface area contributed by atoms with Crippen LogP contribution in [-0.4, -0.2) is 76.5 Å². The molecule has 4 saturated heterocycles. The van der Waals surface area contributed by atoms with Gasteiger partial charge in [0.1, 0.15) is 39.7 Å². The van der Waals surface area contributed by atoms with Gasteiger partial charge in [0.05, 0.1) is 28.0 Å². The van der Waals surface area contributed by atoms with Crippen LogP contribution in [0.15, 0.2) is 48.8 Å². The summed E-state index contributed by atoms with van der Waals surface area (Å²) in [7, 11) is 0. The molecular weight excluding hydrogens is 776 g/mol. The van der Waals surface area contributed by atoms with Crippen LogP contribution >= 0.6 is 0 Å². The fraction of sp³-hybridized carbons (Fsp3) is 0.500. The predicted octanol–water partition coefficient (Wildman–Crippen LogP) is 6.70. The van der Waals surface area contributed by atoms with Gasteiger partial charge in [-0.3, -0.25) is 4.79 Å². The zero-order valence-electron chi connectivity index (χ0n) is 33.9. The second kappa shape index (κ2) is 15.1. The number of rotatable bonds is 7. The van der Waals surface area contributed by atoms with E-state index in [2.05, 4.69) is 0 Å². The summed E-state index contributed by atoms with van der Waals surface area (Å²) in [6, 6.07) is 7.31. The lowest BCUT2D eigenvalue weighted by Gasteiger charge is -2.46. The predicted molar refractivity (Wildman–Crippen MR) is 205 cm³/mol. The first-order valence-electron chi connectivity index (χ1n) is 19.3. The molecule has 17 heteroatoms. The Kier molecular flexibility index (Phi) is 10.6. The first-order valence-corrected chi connectivity index (χ1v) is 19.3. The van der Waals surface area contributed by atoms with Crippen LogP contribution < -0.4 is 20.7 Å². The maximum absolute atomic E-state index is 12.2. The highest BCUT2D eigenvalue weighted by Gasteiger charge is 2.59. The van der Waals surface area contributed by atoms with Gasteiger partial charge in [-0.1, -0.05) is 27.7 Å². The molecule has 0 aliphatic carbocycles. The summed E-state index contributed by atoms with van der Waals surface area (Å²) in [5.41, 5.74) is -1.94. The minimum Gasteiger partial charge on any atom is -0.507 e. The van der Waals surface area contributed by atoms with Gasteiger partial charge < -0.3 is 56.9 Å². The van der Waals surface area contributed by atoms with Crippen LogP contribution in [0.2, 0.25) is 0 Å². The van der Waals surface area contributed by atoms with Crippen molar-refractivity contribution in [2.75, 3.05) is 0 Å². The van der Waals surface area contributed by atoms with Gasteiger partial charge in [0.2, 0.25) is 24.8 Å². The lowest BCUT2D eigenvalue weighted by atomic mass is 9.79. The fourth-order valence-corrected chi connectivity index (χ4v) is 8.04. The number of hydrogen-bond donors (Lipinski definition) is 2. The van der Waals surface area contributed by atoms with E-state index in [9.17, 15) is 34.2 Å². The van der Waals surface area contributed by atoms with Crippen LogP contribution in [-0.2, 0) is 28.4 Å². The van der Waals surface area contributed by atoms with Crippen LogP contribution in [0.25, 0.3) is 21.9 Å². The first kappa shape index (κ1) is 41.4. The molecule has 8 rings (SSSR count). The molecule has 17 nitrogen and oxygen atoms in total. The molecule has 59 heavy (non-hydrogen) atoms. The quantitative estimate of drug-likeness (QED) is 0.112. The summed E-state index contributed by atoms with van der Waals surface area (Å²) in [5.74, 6) is -0.698. The van der Waals surface area contributed by atoms with E-state index in [0.717, 1.165) is 6.07 Å². The average Bonchev–Trinajstić information content (AvgIpc) is 3.78. The molecule has 4 aromatic rings. The number of hydrogen-bond acceptors (Lipinski definition) is 17. The molecular formula is C42H46O17. The third-order valence-electron chi connectivity index (χ3n) is 12.4. The summed E-state index contributed by atoms with van der Waals surface area (Å²) in [6.07, 6.45) is -4.52. The third-order valence-corrected chi connectivity index (χ3v) is 12.4. The second-order valence-electron chi connectivity index (χ2n) is 15.7. The Morgan fingerprint density at radius 3 is 1.59 bits per heavy atom. The molecule has 4 fully saturated rings. The van der Waals surface area contributed by atoms with Crippen LogP contribution in [0.3, 0.4) is 0 Å². The minimum absolute atomic E-state index is 0.0820. The molecule has 2 unspecified atom stereocenters. The van der Waals surface area contributed by atoms with Gasteiger partial charge in [0, 0.05) is 23.0 Å². The Morgan fingerprint density at radius 2 is 1.14 bits per heavy atom. The van der Waals surface area contributed by atoms with Crippen molar-refractivity contribution < 1.29 is 71.3 Å². The van der Waals surface area contributed by atoms with Crippen LogP contribution in [0, 0.1) is 25.7 Å². The van der Waals surface area contributed by atoms with Crippen LogP contribution in [0.1, 0.15) is 82.8 Å². The zero-order chi connectivity index (χ0) is 42.9. The minimum atomic E-state index is -0.953. The van der Waals surface area contributed by atoms with Crippen molar-refractivity contribution in [2.24, 2.45) is 11.8 Å². The van der Waals surface area contributed by atoms with E-state index in [1.54, 1.807) is 32.0 Å². The third kappa shape index (κ3) is 7.09. The molecule has 0 radical (unpaired) electrons. The standard InChI is InChI=1S/C22H24O9.C20H22O8/c1-6-22(5)10(3)17-18(30-21(26)29-17)20(31-22)27-13-8-7-12-15(24)14(11(4)23)19(25)28-16(12)9(13)2;1-5-20(4)10(3)16-17(27-19(23)26-16)18(28-20)24-13-7-6-11-12(21)8-14(22)25-15(11)9(13)2/h7-8,10,17-18,20,24H,6H2,1-5H3;6-8,10,16-18,21H,5H2,1-4H3/t10-,17-,18-,20?,22+;10-,16-,17-,18?,20+/m11/s1. The largest absolute Gasteiger partial charge is 0.509 e. The Balaban J connectivity index is 0.000000180. The van der Waals surface area contributed by atoms with Crippen molar-refractivity contribution in [2.45, 2.75) is 123 Å². The second-order valence-corrected chi connectivity index (χ2v) is 15.7. The number of ketones is 1. The zero-order valence-corrected chi connectivity index (χ0v) is 33.9. The van der Waals surface area contributed by atoms with Gasteiger partial charge in [-0.05, 0) is 71.7 Å². The Morgan fingerprint density at radius 1 is 0.695 bits per heavy atom. The molecule has 2 N–H and O–H groups in total. The lowest BCUT2D eigenvalue weighted by molar-refractivity contribution is -0.267. The summed E-state index contributed by atoms with van der Waals surface area (Å²) in [6.45, 7) is 16.2. The van der Waals surface area contributed by atoms with Gasteiger partial charge in [-0.2, -0.15) is 0 Å². The van der Waals surface area contributed by atoms with Crippen molar-refractivity contribution in [3.63, 3.8) is 0 Å². The number of aryl methyl sites for hydroxylation is 2. The van der Waals surface area contributed by atoms with E-state index in [-0.39, 0.29) is 34.1 Å². The molecule has 2 aromatic heterocycles. The van der Waals surface area contributed by atoms with Crippen molar-refractivity contribution in [3.05, 3.63) is 67.9 Å². The number of fused-ring (bicyclic) bond motifs is 4. The van der Waals surface area contributed by atoms with Crippen LogP contribution in [0.5, 0.6) is 23.0 Å². The summed E-state index contributed by atoms with van der Waals surface area (Å²) >= 11 is 0. The number of aromatic hydroxyl groups is 2. The normalized spacial score (nSPS) is 30.9. The van der Waals surface area contributed by atoms with Crippen molar-refractivity contribution in [3.8, 4) is 23.0 Å². The van der Waals surface area contributed by atoms with Crippen molar-refractivity contribution in [1.29, 1.82) is 0 Å². The molecule has 10 atom stereocenters. The Bertz CT molecular complexity index is 2470. The van der Waals surface area contributed by atoms with E-state index >= 15 is 0 Å². The maximum atomic E-state index is 12.2. The fourth-order valence-electron chi connectivity index (χ4n) is 8.04. The Labute approximate surface area is 337 Å². The van der Waals surface area contributed by atoms with Crippen LogP contribution in [0.4, 0.5) is 9.59 Å². The van der Waals surface area contributed by atoms with Crippen molar-refractivity contribution in [1.82, 2.24) is 0 Å². The summed E-state index contributed by atoms with van der Waals surface area (Å²) < 4.78 is 56.4. The molecule has 4 aliphatic heterocycles. The highest BCUT2D eigenvalue weighted by molar-refractivity contribution is 6.02. The Hall–Kier alpha value is -5.81. The molecule has 0 saturated carbocycles. The SMILES string of the molecule is CC[C@]1(C)OC(Oc2ccc3c(O)c(C(C)=O)c(=O)oc3c2C)[C@@H]2OC(=O)O[C@@H]2[C@H]1C.CC[C@]1(C)OC(Oc2ccc3c(O)cc(=O)oc3c2C)[C@@H]2OC(=O)O[C@@H]2[C@H]1C. The summed E-state index contributed by atoms with van der Waals surface area (Å²) in [5, 5.41) is 21.0. The van der Waals surface area contributed by atoms with Gasteiger partial charge in [-0.15, -0.1) is 0 Å². The monoisotopic (exact) mass is 822 g/mol. The number of benzene rings is 2. The number of carbonyl (C=O) groups excluding carboxylic acids is 3. The summed E-state index contributed by atoms with van der Waals surface area (Å²) in [4.78, 5) is 59.1. The highest BCUT2D eigenvalue weighted by atomic mass is 16.8. The first-order chi connectivity index (χ1) is 27.8. The average molecular weight is 823 g/mol. The van der Waals surface area contributed by atoms with E-state index in [1.165, 1.54) is 13.0 Å². The van der Waals surface area contributed by atoms with E-state index in [1.807, 2.05) is 41.5 Å². The van der Waals surface area contributed by atoms with Gasteiger partial charge in [0.25, 0.3) is 0 Å². The number of carbonyl (C=O) groups is 3. The molecule has 316 valence electrons. The van der Waals surface area contributed by atoms with Crippen molar-refractivity contribution >= 4 is 40.0 Å². The molecule has 0 amide bonds. The topological polar surface area (TPSA) is 226 Å². The molecule has 4 aliphatic rings. The maximum Gasteiger partial charge on any atom is 0.509 e. The highest BCUT2D eigenvalue weighted by Crippen LogP contribution is 2.45. The van der Waals surface area contributed by atoms with Gasteiger partial charge in [0.15, 0.2) is 18.0 Å². The molecule has 0 spiro atoms.